The Hall–Kier alpha value is -2.70. The maximum Gasteiger partial charge on any atom is 0.271 e. The first-order chi connectivity index (χ1) is 12.8. The summed E-state index contributed by atoms with van der Waals surface area (Å²) in [5, 5.41) is 2.89. The molecule has 0 radical (unpaired) electrons. The number of rotatable bonds is 7. The first kappa shape index (κ1) is 18.1. The molecular formula is C19H26N6O. The van der Waals surface area contributed by atoms with Crippen molar-refractivity contribution < 1.29 is 4.79 Å². The van der Waals surface area contributed by atoms with E-state index in [0.29, 0.717) is 12.2 Å². The Morgan fingerprint density at radius 2 is 1.77 bits per heavy atom. The lowest BCUT2D eigenvalue weighted by Crippen LogP contribution is -2.47. The zero-order valence-electron chi connectivity index (χ0n) is 15.3. The molecule has 1 N–H and O–H groups in total. The van der Waals surface area contributed by atoms with Gasteiger partial charge in [-0.15, -0.1) is 0 Å². The molecule has 1 amide bonds. The highest BCUT2D eigenvalue weighted by molar-refractivity contribution is 5.91. The van der Waals surface area contributed by atoms with E-state index in [1.165, 1.54) is 0 Å². The minimum absolute atomic E-state index is 0.153. The van der Waals surface area contributed by atoms with Gasteiger partial charge in [-0.1, -0.05) is 25.8 Å². The van der Waals surface area contributed by atoms with Gasteiger partial charge in [0.1, 0.15) is 17.3 Å². The molecule has 138 valence electrons. The van der Waals surface area contributed by atoms with E-state index in [0.717, 1.165) is 57.1 Å². The van der Waals surface area contributed by atoms with Gasteiger partial charge in [0.25, 0.3) is 5.91 Å². The molecule has 0 atom stereocenters. The third kappa shape index (κ3) is 4.68. The van der Waals surface area contributed by atoms with Gasteiger partial charge >= 0.3 is 0 Å². The van der Waals surface area contributed by atoms with Crippen molar-refractivity contribution in [3.8, 4) is 0 Å². The van der Waals surface area contributed by atoms with Crippen molar-refractivity contribution >= 4 is 17.5 Å². The van der Waals surface area contributed by atoms with Crippen molar-refractivity contribution in [2.45, 2.75) is 26.2 Å². The maximum absolute atomic E-state index is 12.1. The van der Waals surface area contributed by atoms with Crippen LogP contribution >= 0.6 is 0 Å². The molecule has 7 heteroatoms. The lowest BCUT2D eigenvalue weighted by atomic mass is 10.2. The number of anilines is 2. The molecule has 0 saturated carbocycles. The average molecular weight is 354 g/mol. The summed E-state index contributed by atoms with van der Waals surface area (Å²) in [6.45, 7) is 6.31. The summed E-state index contributed by atoms with van der Waals surface area (Å²) in [6.07, 6.45) is 8.33. The number of pyridine rings is 1. The summed E-state index contributed by atoms with van der Waals surface area (Å²) in [6, 6.07) is 5.96. The van der Waals surface area contributed by atoms with Crippen LogP contribution in [-0.4, -0.2) is 53.6 Å². The van der Waals surface area contributed by atoms with E-state index in [1.54, 1.807) is 12.4 Å². The molecule has 1 fully saturated rings. The topological polar surface area (TPSA) is 74.2 Å². The van der Waals surface area contributed by atoms with Gasteiger partial charge in [0.2, 0.25) is 0 Å². The van der Waals surface area contributed by atoms with Crippen LogP contribution in [0.2, 0.25) is 0 Å². The molecule has 26 heavy (non-hydrogen) atoms. The SMILES string of the molecule is CCCCCNC(=O)c1cnc(N2CCN(c3ccccn3)CC2)cn1. The number of piperazine rings is 1. The third-order valence-electron chi connectivity index (χ3n) is 4.51. The predicted octanol–water partition coefficient (Wildman–Crippen LogP) is 2.12. The molecule has 1 saturated heterocycles. The van der Waals surface area contributed by atoms with Crippen molar-refractivity contribution in [1.29, 1.82) is 0 Å². The van der Waals surface area contributed by atoms with Crippen LogP contribution in [0.25, 0.3) is 0 Å². The van der Waals surface area contributed by atoms with Crippen LogP contribution in [0.3, 0.4) is 0 Å². The molecule has 0 unspecified atom stereocenters. The van der Waals surface area contributed by atoms with Gasteiger partial charge in [-0.25, -0.2) is 15.0 Å². The standard InChI is InChI=1S/C19H26N6O/c1-2-3-5-9-21-19(26)16-14-23-18(15-22-16)25-12-10-24(11-13-25)17-7-4-6-8-20-17/h4,6-8,14-15H,2-3,5,9-13H2,1H3,(H,21,26). The largest absolute Gasteiger partial charge is 0.353 e. The van der Waals surface area contributed by atoms with Crippen molar-refractivity contribution in [3.05, 3.63) is 42.5 Å². The van der Waals surface area contributed by atoms with Crippen molar-refractivity contribution in [1.82, 2.24) is 20.3 Å². The van der Waals surface area contributed by atoms with E-state index in [9.17, 15) is 4.79 Å². The zero-order chi connectivity index (χ0) is 18.2. The summed E-state index contributed by atoms with van der Waals surface area (Å²) in [4.78, 5) is 29.6. The smallest absolute Gasteiger partial charge is 0.271 e. The van der Waals surface area contributed by atoms with Crippen LogP contribution in [0.15, 0.2) is 36.8 Å². The highest BCUT2D eigenvalue weighted by Gasteiger charge is 2.19. The lowest BCUT2D eigenvalue weighted by Gasteiger charge is -2.35. The first-order valence-electron chi connectivity index (χ1n) is 9.29. The molecule has 7 nitrogen and oxygen atoms in total. The van der Waals surface area contributed by atoms with Crippen LogP contribution in [0, 0.1) is 0 Å². The predicted molar refractivity (Wildman–Crippen MR) is 103 cm³/mol. The minimum Gasteiger partial charge on any atom is -0.353 e. The van der Waals surface area contributed by atoms with Crippen LogP contribution < -0.4 is 15.1 Å². The number of aromatic nitrogens is 3. The van der Waals surface area contributed by atoms with E-state index in [1.807, 2.05) is 24.4 Å². The Morgan fingerprint density at radius 3 is 2.38 bits per heavy atom. The fraction of sp³-hybridized carbons (Fsp3) is 0.474. The monoisotopic (exact) mass is 354 g/mol. The highest BCUT2D eigenvalue weighted by Crippen LogP contribution is 2.16. The molecule has 0 aromatic carbocycles. The molecule has 0 bridgehead atoms. The Morgan fingerprint density at radius 1 is 1.00 bits per heavy atom. The number of unbranched alkanes of at least 4 members (excludes halogenated alkanes) is 2. The highest BCUT2D eigenvalue weighted by atomic mass is 16.1. The van der Waals surface area contributed by atoms with Crippen LogP contribution in [0.4, 0.5) is 11.6 Å². The number of amides is 1. The van der Waals surface area contributed by atoms with Gasteiger partial charge < -0.3 is 15.1 Å². The summed E-state index contributed by atoms with van der Waals surface area (Å²) in [5.41, 5.74) is 0.373. The number of hydrogen-bond acceptors (Lipinski definition) is 6. The second-order valence-corrected chi connectivity index (χ2v) is 6.38. The zero-order valence-corrected chi connectivity index (χ0v) is 15.3. The van der Waals surface area contributed by atoms with Crippen molar-refractivity contribution in [2.75, 3.05) is 42.5 Å². The van der Waals surface area contributed by atoms with Crippen LogP contribution in [-0.2, 0) is 0 Å². The molecular weight excluding hydrogens is 328 g/mol. The van der Waals surface area contributed by atoms with E-state index in [2.05, 4.69) is 37.0 Å². The van der Waals surface area contributed by atoms with Crippen LogP contribution in [0.5, 0.6) is 0 Å². The number of carbonyl (C=O) groups is 1. The Bertz CT molecular complexity index is 683. The van der Waals surface area contributed by atoms with Crippen molar-refractivity contribution in [2.24, 2.45) is 0 Å². The number of carbonyl (C=O) groups excluding carboxylic acids is 1. The Kier molecular flexibility index (Phi) is 6.35. The summed E-state index contributed by atoms with van der Waals surface area (Å²) in [7, 11) is 0. The number of nitrogens with one attached hydrogen (secondary N) is 1. The normalized spacial score (nSPS) is 14.3. The summed E-state index contributed by atoms with van der Waals surface area (Å²) < 4.78 is 0. The second kappa shape index (κ2) is 9.12. The summed E-state index contributed by atoms with van der Waals surface area (Å²) in [5.74, 6) is 1.67. The number of hydrogen-bond donors (Lipinski definition) is 1. The molecule has 1 aliphatic rings. The van der Waals surface area contributed by atoms with Gasteiger partial charge in [0, 0.05) is 38.9 Å². The molecule has 2 aromatic rings. The summed E-state index contributed by atoms with van der Waals surface area (Å²) >= 11 is 0. The molecule has 1 aliphatic heterocycles. The molecule has 0 aliphatic carbocycles. The molecule has 0 spiro atoms. The third-order valence-corrected chi connectivity index (χ3v) is 4.51. The van der Waals surface area contributed by atoms with E-state index in [4.69, 9.17) is 0 Å². The Balaban J connectivity index is 1.51. The number of nitrogens with zero attached hydrogens (tertiary/aromatic N) is 5. The van der Waals surface area contributed by atoms with Gasteiger partial charge in [0.05, 0.1) is 12.4 Å². The van der Waals surface area contributed by atoms with Gasteiger partial charge in [-0.2, -0.15) is 0 Å². The fourth-order valence-electron chi connectivity index (χ4n) is 2.97. The molecule has 3 heterocycles. The first-order valence-corrected chi connectivity index (χ1v) is 9.29. The second-order valence-electron chi connectivity index (χ2n) is 6.38. The maximum atomic E-state index is 12.1. The van der Waals surface area contributed by atoms with Crippen LogP contribution in [0.1, 0.15) is 36.7 Å². The molecule has 3 rings (SSSR count). The van der Waals surface area contributed by atoms with Gasteiger partial charge in [-0.3, -0.25) is 4.79 Å². The lowest BCUT2D eigenvalue weighted by molar-refractivity contribution is 0.0947. The van der Waals surface area contributed by atoms with Crippen molar-refractivity contribution in [3.63, 3.8) is 0 Å². The fourth-order valence-corrected chi connectivity index (χ4v) is 2.97. The van der Waals surface area contributed by atoms with E-state index < -0.39 is 0 Å². The quantitative estimate of drug-likeness (QED) is 0.768. The van der Waals surface area contributed by atoms with E-state index >= 15 is 0 Å². The van der Waals surface area contributed by atoms with E-state index in [-0.39, 0.29) is 5.91 Å². The van der Waals surface area contributed by atoms with Gasteiger partial charge in [-0.05, 0) is 18.6 Å². The Labute approximate surface area is 154 Å². The minimum atomic E-state index is -0.153. The average Bonchev–Trinajstić information content (AvgIpc) is 2.72. The molecule has 2 aromatic heterocycles. The van der Waals surface area contributed by atoms with Gasteiger partial charge in [0.15, 0.2) is 0 Å².